The molecule has 0 unspecified atom stereocenters. The van der Waals surface area contributed by atoms with Gasteiger partial charge in [-0.1, -0.05) is 67.2 Å². The van der Waals surface area contributed by atoms with E-state index in [1.54, 1.807) is 0 Å². The van der Waals surface area contributed by atoms with Crippen molar-refractivity contribution in [3.05, 3.63) is 72.1 Å². The summed E-state index contributed by atoms with van der Waals surface area (Å²) in [5.74, 6) is 0. The molecule has 0 saturated heterocycles. The van der Waals surface area contributed by atoms with E-state index in [0.29, 0.717) is 0 Å². The molecule has 0 amide bonds. The maximum atomic E-state index is 4.96. The third kappa shape index (κ3) is 2.22. The standard InChI is InChI=1S/C19H22N2Si/c1-15-16(2)21(3)19(20-15)22(4,17-11-7-5-8-12-17)18-13-9-6-10-14-18/h5-14H,1-4H3. The van der Waals surface area contributed by atoms with Gasteiger partial charge in [0.1, 0.15) is 0 Å². The van der Waals surface area contributed by atoms with Gasteiger partial charge in [0.15, 0.2) is 8.07 Å². The lowest BCUT2D eigenvalue weighted by atomic mass is 10.4. The Balaban J connectivity index is 2.31. The molecule has 0 aliphatic heterocycles. The minimum absolute atomic E-state index is 1.13. The van der Waals surface area contributed by atoms with Gasteiger partial charge >= 0.3 is 0 Å². The Bertz CT molecular complexity index is 736. The zero-order chi connectivity index (χ0) is 15.7. The highest BCUT2D eigenvalue weighted by atomic mass is 28.3. The van der Waals surface area contributed by atoms with Crippen LogP contribution in [0.2, 0.25) is 6.55 Å². The molecule has 0 spiro atoms. The zero-order valence-electron chi connectivity index (χ0n) is 13.7. The highest BCUT2D eigenvalue weighted by Crippen LogP contribution is 2.09. The van der Waals surface area contributed by atoms with E-state index in [-0.39, 0.29) is 0 Å². The molecule has 3 heteroatoms. The normalized spacial score (nSPS) is 11.6. The summed E-state index contributed by atoms with van der Waals surface area (Å²) in [7, 11) is 0.0597. The Morgan fingerprint density at radius 1 is 0.818 bits per heavy atom. The van der Waals surface area contributed by atoms with Crippen molar-refractivity contribution < 1.29 is 0 Å². The first-order chi connectivity index (χ1) is 10.5. The van der Waals surface area contributed by atoms with E-state index in [1.807, 2.05) is 0 Å². The van der Waals surface area contributed by atoms with Crippen LogP contribution in [0.4, 0.5) is 0 Å². The fourth-order valence-corrected chi connectivity index (χ4v) is 6.93. The fraction of sp³-hybridized carbons (Fsp3) is 0.211. The van der Waals surface area contributed by atoms with Gasteiger partial charge in [0, 0.05) is 12.7 Å². The van der Waals surface area contributed by atoms with E-state index >= 15 is 0 Å². The molecule has 22 heavy (non-hydrogen) atoms. The number of aromatic nitrogens is 2. The van der Waals surface area contributed by atoms with E-state index in [1.165, 1.54) is 21.5 Å². The topological polar surface area (TPSA) is 17.8 Å². The minimum atomic E-state index is -2.08. The van der Waals surface area contributed by atoms with Crippen LogP contribution in [-0.4, -0.2) is 17.6 Å². The van der Waals surface area contributed by atoms with Gasteiger partial charge < -0.3 is 4.57 Å². The van der Waals surface area contributed by atoms with E-state index in [9.17, 15) is 0 Å². The molecule has 1 aromatic heterocycles. The molecule has 0 radical (unpaired) electrons. The Labute approximate surface area is 133 Å². The number of benzene rings is 2. The van der Waals surface area contributed by atoms with Crippen molar-refractivity contribution >= 4 is 23.9 Å². The van der Waals surface area contributed by atoms with Crippen LogP contribution in [0.25, 0.3) is 0 Å². The lowest BCUT2D eigenvalue weighted by Gasteiger charge is -2.28. The van der Waals surface area contributed by atoms with Crippen molar-refractivity contribution in [3.63, 3.8) is 0 Å². The molecule has 0 N–H and O–H groups in total. The van der Waals surface area contributed by atoms with Crippen molar-refractivity contribution in [2.24, 2.45) is 7.05 Å². The summed E-state index contributed by atoms with van der Waals surface area (Å²) >= 11 is 0. The second-order valence-corrected chi connectivity index (χ2v) is 9.87. The van der Waals surface area contributed by atoms with Gasteiger partial charge in [-0.25, -0.2) is 4.98 Å². The third-order valence-electron chi connectivity index (χ3n) is 4.77. The third-order valence-corrected chi connectivity index (χ3v) is 9.09. The van der Waals surface area contributed by atoms with Crippen molar-refractivity contribution in [1.29, 1.82) is 0 Å². The number of imidazole rings is 1. The van der Waals surface area contributed by atoms with Crippen LogP contribution in [0.1, 0.15) is 11.4 Å². The fourth-order valence-electron chi connectivity index (χ4n) is 3.13. The molecule has 0 fully saturated rings. The van der Waals surface area contributed by atoms with E-state index in [4.69, 9.17) is 4.98 Å². The monoisotopic (exact) mass is 306 g/mol. The van der Waals surface area contributed by atoms with Crippen molar-refractivity contribution in [2.45, 2.75) is 20.4 Å². The second-order valence-electron chi connectivity index (χ2n) is 6.02. The lowest BCUT2D eigenvalue weighted by Crippen LogP contribution is -2.67. The number of nitrogens with zero attached hydrogens (tertiary/aromatic N) is 2. The molecule has 1 heterocycles. The van der Waals surface area contributed by atoms with Crippen LogP contribution in [0.15, 0.2) is 60.7 Å². The minimum Gasteiger partial charge on any atom is -0.338 e. The molecule has 3 rings (SSSR count). The highest BCUT2D eigenvalue weighted by molar-refractivity contribution is 7.09. The Hall–Kier alpha value is -2.13. The van der Waals surface area contributed by atoms with Crippen LogP contribution in [0.5, 0.6) is 0 Å². The van der Waals surface area contributed by atoms with Crippen molar-refractivity contribution in [2.75, 3.05) is 0 Å². The van der Waals surface area contributed by atoms with Gasteiger partial charge in [-0.05, 0) is 24.2 Å². The average Bonchev–Trinajstić information content (AvgIpc) is 2.83. The predicted octanol–water partition coefficient (Wildman–Crippen LogP) is 2.14. The van der Waals surface area contributed by atoms with Crippen LogP contribution in [0.3, 0.4) is 0 Å². The van der Waals surface area contributed by atoms with Crippen LogP contribution in [0, 0.1) is 13.8 Å². The van der Waals surface area contributed by atoms with Crippen LogP contribution >= 0.6 is 0 Å². The molecule has 0 atom stereocenters. The van der Waals surface area contributed by atoms with Gasteiger partial charge in [0.05, 0.1) is 11.1 Å². The maximum Gasteiger partial charge on any atom is 0.190 e. The first-order valence-corrected chi connectivity index (χ1v) is 10.2. The van der Waals surface area contributed by atoms with Gasteiger partial charge in [0.25, 0.3) is 0 Å². The molecule has 0 saturated carbocycles. The first kappa shape index (κ1) is 14.8. The summed E-state index contributed by atoms with van der Waals surface area (Å²) in [6.07, 6.45) is 0. The van der Waals surface area contributed by atoms with Gasteiger partial charge in [-0.3, -0.25) is 0 Å². The van der Waals surface area contributed by atoms with Crippen molar-refractivity contribution in [3.8, 4) is 0 Å². The highest BCUT2D eigenvalue weighted by Gasteiger charge is 2.38. The summed E-state index contributed by atoms with van der Waals surface area (Å²) in [6, 6.07) is 21.7. The summed E-state index contributed by atoms with van der Waals surface area (Å²) in [4.78, 5) is 4.96. The maximum absolute atomic E-state index is 4.96. The van der Waals surface area contributed by atoms with Gasteiger partial charge in [0.2, 0.25) is 0 Å². The Morgan fingerprint density at radius 2 is 1.27 bits per heavy atom. The molecule has 112 valence electrons. The smallest absolute Gasteiger partial charge is 0.190 e. The number of aryl methyl sites for hydroxylation is 1. The van der Waals surface area contributed by atoms with E-state index in [2.05, 4.69) is 92.7 Å². The molecule has 0 aliphatic carbocycles. The second kappa shape index (κ2) is 5.58. The lowest BCUT2D eigenvalue weighted by molar-refractivity contribution is 0.897. The van der Waals surface area contributed by atoms with E-state index in [0.717, 1.165) is 5.69 Å². The molecule has 3 aromatic rings. The molecular formula is C19H22N2Si. The zero-order valence-corrected chi connectivity index (χ0v) is 14.7. The summed E-state index contributed by atoms with van der Waals surface area (Å²) in [5, 5.41) is 2.80. The quantitative estimate of drug-likeness (QED) is 0.678. The molecular weight excluding hydrogens is 284 g/mol. The molecule has 2 nitrogen and oxygen atoms in total. The first-order valence-electron chi connectivity index (χ1n) is 7.66. The average molecular weight is 306 g/mol. The molecule has 0 bridgehead atoms. The number of hydrogen-bond acceptors (Lipinski definition) is 1. The van der Waals surface area contributed by atoms with Crippen molar-refractivity contribution in [1.82, 2.24) is 9.55 Å². The molecule has 0 aliphatic rings. The summed E-state index contributed by atoms with van der Waals surface area (Å²) in [5.41, 5.74) is 3.60. The number of hydrogen-bond donors (Lipinski definition) is 0. The summed E-state index contributed by atoms with van der Waals surface area (Å²) in [6.45, 7) is 6.65. The van der Waals surface area contributed by atoms with E-state index < -0.39 is 8.07 Å². The molecule has 2 aromatic carbocycles. The van der Waals surface area contributed by atoms with Crippen LogP contribution < -0.4 is 15.8 Å². The predicted molar refractivity (Wildman–Crippen MR) is 96.1 cm³/mol. The SMILES string of the molecule is Cc1nc([Si](C)(c2ccccc2)c2ccccc2)n(C)c1C. The Kier molecular flexibility index (Phi) is 3.75. The van der Waals surface area contributed by atoms with Gasteiger partial charge in [-0.2, -0.15) is 0 Å². The van der Waals surface area contributed by atoms with Crippen LogP contribution in [-0.2, 0) is 7.05 Å². The van der Waals surface area contributed by atoms with Gasteiger partial charge in [-0.15, -0.1) is 0 Å². The number of rotatable bonds is 3. The largest absolute Gasteiger partial charge is 0.338 e. The summed E-state index contributed by atoms with van der Waals surface area (Å²) < 4.78 is 2.28. The Morgan fingerprint density at radius 3 is 1.64 bits per heavy atom.